The summed E-state index contributed by atoms with van der Waals surface area (Å²) in [5.41, 5.74) is 0.125. The quantitative estimate of drug-likeness (QED) is 0.169. The minimum atomic E-state index is -0.844. The first-order valence-corrected chi connectivity index (χ1v) is 20.9. The summed E-state index contributed by atoms with van der Waals surface area (Å²) < 4.78 is 0. The average molecular weight is 735 g/mol. The fourth-order valence-electron chi connectivity index (χ4n) is 8.91. The fourth-order valence-corrected chi connectivity index (χ4v) is 8.91. The van der Waals surface area contributed by atoms with Crippen LogP contribution in [0.5, 0.6) is 0 Å². The Morgan fingerprint density at radius 2 is 1.53 bits per heavy atom. The zero-order valence-electron chi connectivity index (χ0n) is 34.3. The highest BCUT2D eigenvalue weighted by atomic mass is 16.2. The Morgan fingerprint density at radius 3 is 2.11 bits per heavy atom. The highest BCUT2D eigenvalue weighted by Crippen LogP contribution is 2.44. The lowest BCUT2D eigenvalue weighted by atomic mass is 9.76. The maximum absolute atomic E-state index is 14.7. The van der Waals surface area contributed by atoms with Gasteiger partial charge in [-0.15, -0.1) is 0 Å². The summed E-state index contributed by atoms with van der Waals surface area (Å²) in [7, 11) is 0. The van der Waals surface area contributed by atoms with Crippen LogP contribution in [0.2, 0.25) is 0 Å². The number of fused-ring (bicyclic) bond motifs is 1. The third kappa shape index (κ3) is 13.1. The fraction of sp³-hybridized carbons (Fsp3) is 0.795. The Balaban J connectivity index is 0.00000117. The molecule has 9 nitrogen and oxygen atoms in total. The van der Waals surface area contributed by atoms with Gasteiger partial charge in [0.2, 0.25) is 11.8 Å². The van der Waals surface area contributed by atoms with Crippen molar-refractivity contribution in [3.05, 3.63) is 24.3 Å². The molecule has 1 aromatic rings. The Labute approximate surface area is 320 Å². The highest BCUT2D eigenvalue weighted by molar-refractivity contribution is 5.98. The van der Waals surface area contributed by atoms with Crippen LogP contribution in [0.1, 0.15) is 169 Å². The molecule has 0 spiro atoms. The molecule has 0 radical (unpaired) electrons. The monoisotopic (exact) mass is 735 g/mol. The molecule has 53 heavy (non-hydrogen) atoms. The SMILES string of the molecule is CC(C)(C)C.CCCC(CC(=O)CC1CC1)CC(=O)[C@@H]1[C@H]2CCC[C@H]2CN1C(=O)[C@@H](NC(=O)[C@@H](CC(=O)c1cnccn1)C1CCCCC1)C(C)(C)C. The van der Waals surface area contributed by atoms with Crippen LogP contribution in [0.4, 0.5) is 0 Å². The van der Waals surface area contributed by atoms with Gasteiger partial charge >= 0.3 is 0 Å². The Bertz CT molecular complexity index is 1380. The highest BCUT2D eigenvalue weighted by Gasteiger charge is 2.52. The van der Waals surface area contributed by atoms with Crippen molar-refractivity contribution in [1.82, 2.24) is 20.2 Å². The summed E-state index contributed by atoms with van der Waals surface area (Å²) in [6.07, 6.45) is 17.7. The molecular weight excluding hydrogens is 665 g/mol. The number of hydrogen-bond acceptors (Lipinski definition) is 7. The van der Waals surface area contributed by atoms with Crippen LogP contribution >= 0.6 is 0 Å². The maximum atomic E-state index is 14.7. The number of likely N-dealkylation sites (tertiary alicyclic amines) is 1. The second-order valence-corrected chi connectivity index (χ2v) is 19.5. The number of amides is 2. The summed E-state index contributed by atoms with van der Waals surface area (Å²) in [6, 6.07) is -1.36. The van der Waals surface area contributed by atoms with Crippen molar-refractivity contribution in [2.75, 3.05) is 6.54 Å². The van der Waals surface area contributed by atoms with E-state index in [9.17, 15) is 24.0 Å². The van der Waals surface area contributed by atoms with Gasteiger partial charge in [-0.25, -0.2) is 4.98 Å². The second kappa shape index (κ2) is 19.1. The zero-order valence-corrected chi connectivity index (χ0v) is 34.3. The van der Waals surface area contributed by atoms with Crippen LogP contribution in [0.15, 0.2) is 18.6 Å². The van der Waals surface area contributed by atoms with Crippen molar-refractivity contribution in [3.63, 3.8) is 0 Å². The van der Waals surface area contributed by atoms with Crippen molar-refractivity contribution < 1.29 is 24.0 Å². The summed E-state index contributed by atoms with van der Waals surface area (Å²) >= 11 is 0. The van der Waals surface area contributed by atoms with E-state index < -0.39 is 23.4 Å². The molecule has 4 aliphatic rings. The van der Waals surface area contributed by atoms with Crippen LogP contribution in [0.25, 0.3) is 0 Å². The van der Waals surface area contributed by atoms with Crippen LogP contribution < -0.4 is 5.32 Å². The first kappa shape index (κ1) is 42.8. The Morgan fingerprint density at radius 1 is 0.849 bits per heavy atom. The number of nitrogens with one attached hydrogen (secondary N) is 1. The van der Waals surface area contributed by atoms with E-state index in [0.717, 1.165) is 77.0 Å². The lowest BCUT2D eigenvalue weighted by Crippen LogP contribution is -2.58. The molecule has 2 amide bonds. The standard InChI is InChI=1S/C39H58N4O5.C5H12/c1-5-10-26(20-29(44)19-25-15-16-25)21-34(46)35-30-14-9-13-28(30)24-43(35)38(48)36(39(2,3)4)42-37(47)31(27-11-7-6-8-12-27)22-33(45)32-23-40-17-18-41-32;1-5(2,3)4/h17-18,23,25-28,30-31,35-36H,5-16,19-22,24H2,1-4H3,(H,42,47);1-4H3/t26?,28-,30-,31-,35-,36+;/m0./s1. The first-order valence-electron chi connectivity index (χ1n) is 20.9. The number of Topliss-reactive ketones (excluding diaryl/α,β-unsaturated/α-hetero) is 3. The molecule has 6 atom stereocenters. The van der Waals surface area contributed by atoms with Crippen molar-refractivity contribution >= 4 is 29.2 Å². The van der Waals surface area contributed by atoms with E-state index in [1.165, 1.54) is 18.6 Å². The van der Waals surface area contributed by atoms with Crippen LogP contribution in [-0.2, 0) is 19.2 Å². The number of rotatable bonds is 16. The third-order valence-electron chi connectivity index (χ3n) is 11.6. The van der Waals surface area contributed by atoms with Gasteiger partial charge in [-0.1, -0.05) is 87.5 Å². The summed E-state index contributed by atoms with van der Waals surface area (Å²) in [5, 5.41) is 3.15. The molecule has 1 N–H and O–H groups in total. The van der Waals surface area contributed by atoms with Gasteiger partial charge in [0.15, 0.2) is 11.6 Å². The number of aromatic nitrogens is 2. The van der Waals surface area contributed by atoms with Gasteiger partial charge in [0.05, 0.1) is 12.2 Å². The number of carbonyl (C=O) groups excluding carboxylic acids is 5. The number of carbonyl (C=O) groups is 5. The largest absolute Gasteiger partial charge is 0.344 e. The van der Waals surface area contributed by atoms with Gasteiger partial charge in [-0.05, 0) is 85.4 Å². The molecule has 1 unspecified atom stereocenters. The molecule has 0 aromatic carbocycles. The molecule has 3 aliphatic carbocycles. The maximum Gasteiger partial charge on any atom is 0.246 e. The molecule has 1 aromatic heterocycles. The predicted octanol–water partition coefficient (Wildman–Crippen LogP) is 8.59. The molecule has 5 rings (SSSR count). The molecular formula is C44H70N4O5. The van der Waals surface area contributed by atoms with E-state index in [4.69, 9.17) is 0 Å². The molecule has 4 fully saturated rings. The predicted molar refractivity (Wildman–Crippen MR) is 209 cm³/mol. The normalized spacial score (nSPS) is 23.6. The number of nitrogens with zero attached hydrogens (tertiary/aromatic N) is 3. The minimum absolute atomic E-state index is 0.00682. The van der Waals surface area contributed by atoms with Gasteiger partial charge in [0.1, 0.15) is 17.5 Å². The lowest BCUT2D eigenvalue weighted by Gasteiger charge is -2.38. The average Bonchev–Trinajstić information content (AvgIpc) is 3.64. The Hall–Kier alpha value is -2.97. The van der Waals surface area contributed by atoms with E-state index in [2.05, 4.69) is 49.9 Å². The third-order valence-corrected chi connectivity index (χ3v) is 11.6. The summed E-state index contributed by atoms with van der Waals surface area (Å²) in [4.78, 5) is 79.2. The molecule has 296 valence electrons. The molecule has 3 saturated carbocycles. The van der Waals surface area contributed by atoms with Crippen molar-refractivity contribution in [2.45, 2.75) is 170 Å². The Kier molecular flexibility index (Phi) is 15.4. The van der Waals surface area contributed by atoms with Gasteiger partial charge in [-0.2, -0.15) is 0 Å². The number of hydrogen-bond donors (Lipinski definition) is 1. The number of ketones is 3. The van der Waals surface area contributed by atoms with E-state index in [1.54, 1.807) is 4.90 Å². The first-order chi connectivity index (χ1) is 25.0. The van der Waals surface area contributed by atoms with Gasteiger partial charge < -0.3 is 10.2 Å². The summed E-state index contributed by atoms with van der Waals surface area (Å²) in [6.45, 7) is 17.2. The van der Waals surface area contributed by atoms with Gasteiger partial charge in [0.25, 0.3) is 0 Å². The van der Waals surface area contributed by atoms with Crippen LogP contribution in [-0.4, -0.2) is 62.7 Å². The van der Waals surface area contributed by atoms with Crippen molar-refractivity contribution in [3.8, 4) is 0 Å². The molecule has 0 bridgehead atoms. The van der Waals surface area contributed by atoms with Crippen molar-refractivity contribution in [1.29, 1.82) is 0 Å². The topological polar surface area (TPSA) is 126 Å². The molecule has 1 aliphatic heterocycles. The summed E-state index contributed by atoms with van der Waals surface area (Å²) in [5.74, 6) is 0.0630. The lowest BCUT2D eigenvalue weighted by molar-refractivity contribution is -0.145. The smallest absolute Gasteiger partial charge is 0.246 e. The van der Waals surface area contributed by atoms with Crippen LogP contribution in [0.3, 0.4) is 0 Å². The van der Waals surface area contributed by atoms with Crippen LogP contribution in [0, 0.1) is 46.3 Å². The molecule has 9 heteroatoms. The molecule has 2 heterocycles. The van der Waals surface area contributed by atoms with Gasteiger partial charge in [0, 0.05) is 50.5 Å². The van der Waals surface area contributed by atoms with E-state index in [0.29, 0.717) is 37.1 Å². The van der Waals surface area contributed by atoms with Gasteiger partial charge in [-0.3, -0.25) is 29.0 Å². The molecule has 1 saturated heterocycles. The zero-order chi connectivity index (χ0) is 38.9. The van der Waals surface area contributed by atoms with Crippen molar-refractivity contribution in [2.24, 2.45) is 46.3 Å². The van der Waals surface area contributed by atoms with E-state index in [1.807, 2.05) is 20.8 Å². The second-order valence-electron chi connectivity index (χ2n) is 19.5. The van der Waals surface area contributed by atoms with E-state index in [-0.39, 0.29) is 65.0 Å². The van der Waals surface area contributed by atoms with E-state index >= 15 is 0 Å². The minimum Gasteiger partial charge on any atom is -0.344 e.